The molecule has 1 amide bonds. The van der Waals surface area contributed by atoms with Crippen LogP contribution in [0.5, 0.6) is 5.88 Å². The van der Waals surface area contributed by atoms with Gasteiger partial charge < -0.3 is 14.7 Å². The number of piperidine rings is 1. The van der Waals surface area contributed by atoms with Crippen molar-refractivity contribution in [2.24, 2.45) is 0 Å². The van der Waals surface area contributed by atoms with Crippen LogP contribution in [-0.4, -0.2) is 44.3 Å². The topological polar surface area (TPSA) is 75.6 Å². The zero-order chi connectivity index (χ0) is 14.0. The van der Waals surface area contributed by atoms with Crippen LogP contribution in [0.15, 0.2) is 12.4 Å². The Labute approximate surface area is 116 Å². The predicted molar refractivity (Wildman–Crippen MR) is 69.5 cm³/mol. The first-order valence-electron chi connectivity index (χ1n) is 6.13. The van der Waals surface area contributed by atoms with Gasteiger partial charge in [-0.15, -0.1) is 0 Å². The number of halogens is 1. The largest absolute Gasteiger partial charge is 0.473 e. The fraction of sp³-hybridized carbons (Fsp3) is 0.583. The van der Waals surface area contributed by atoms with Gasteiger partial charge in [0.15, 0.2) is 5.15 Å². The van der Waals surface area contributed by atoms with Gasteiger partial charge in [0.1, 0.15) is 6.10 Å². The summed E-state index contributed by atoms with van der Waals surface area (Å²) in [6.45, 7) is 3.76. The minimum atomic E-state index is -0.888. The Morgan fingerprint density at radius 3 is 2.58 bits per heavy atom. The molecule has 1 aromatic heterocycles. The molecule has 0 spiro atoms. The number of carboxylic acid groups (broad SMARTS) is 1. The lowest BCUT2D eigenvalue weighted by Crippen LogP contribution is -2.51. The van der Waals surface area contributed by atoms with Gasteiger partial charge in [-0.25, -0.2) is 4.79 Å². The third kappa shape index (κ3) is 3.26. The molecule has 2 rings (SSSR count). The lowest BCUT2D eigenvalue weighted by molar-refractivity contribution is 0.0286. The van der Waals surface area contributed by atoms with E-state index in [9.17, 15) is 4.79 Å². The normalized spacial score (nSPS) is 27.1. The molecule has 0 aromatic carbocycles. The summed E-state index contributed by atoms with van der Waals surface area (Å²) >= 11 is 5.75. The number of nitrogens with zero attached hydrogens (tertiary/aromatic N) is 3. The summed E-state index contributed by atoms with van der Waals surface area (Å²) in [5, 5.41) is 9.42. The Morgan fingerprint density at radius 1 is 1.42 bits per heavy atom. The number of aromatic nitrogens is 2. The van der Waals surface area contributed by atoms with E-state index in [1.54, 1.807) is 0 Å². The predicted octanol–water partition coefficient (Wildman–Crippen LogP) is 2.43. The summed E-state index contributed by atoms with van der Waals surface area (Å²) < 4.78 is 5.73. The molecule has 0 bridgehead atoms. The van der Waals surface area contributed by atoms with Crippen LogP contribution >= 0.6 is 11.6 Å². The number of carbonyl (C=O) groups is 1. The zero-order valence-electron chi connectivity index (χ0n) is 10.8. The molecular formula is C12H16ClN3O3. The molecule has 6 nitrogen and oxygen atoms in total. The van der Waals surface area contributed by atoms with E-state index in [1.165, 1.54) is 17.3 Å². The van der Waals surface area contributed by atoms with Gasteiger partial charge in [-0.2, -0.15) is 4.98 Å². The zero-order valence-corrected chi connectivity index (χ0v) is 11.5. The van der Waals surface area contributed by atoms with Gasteiger partial charge in [0.05, 0.1) is 12.4 Å². The molecule has 19 heavy (non-hydrogen) atoms. The van der Waals surface area contributed by atoms with E-state index in [0.29, 0.717) is 18.7 Å². The summed E-state index contributed by atoms with van der Waals surface area (Å²) in [4.78, 5) is 20.5. The van der Waals surface area contributed by atoms with Gasteiger partial charge in [0, 0.05) is 24.9 Å². The summed E-state index contributed by atoms with van der Waals surface area (Å²) in [5.41, 5.74) is 0. The van der Waals surface area contributed by atoms with Crippen LogP contribution in [0.3, 0.4) is 0 Å². The van der Waals surface area contributed by atoms with Crippen LogP contribution in [0.1, 0.15) is 26.7 Å². The summed E-state index contributed by atoms with van der Waals surface area (Å²) in [6.07, 6.45) is 3.24. The molecule has 0 saturated carbocycles. The second kappa shape index (κ2) is 5.61. The maximum Gasteiger partial charge on any atom is 0.407 e. The quantitative estimate of drug-likeness (QED) is 0.903. The first-order chi connectivity index (χ1) is 8.97. The minimum absolute atomic E-state index is 0.0756. The van der Waals surface area contributed by atoms with Crippen LogP contribution in [0.2, 0.25) is 5.15 Å². The highest BCUT2D eigenvalue weighted by Crippen LogP contribution is 2.26. The van der Waals surface area contributed by atoms with Crippen molar-refractivity contribution in [2.45, 2.75) is 44.9 Å². The maximum absolute atomic E-state index is 11.1. The Balaban J connectivity index is 2.02. The number of ether oxygens (including phenoxy) is 1. The van der Waals surface area contributed by atoms with E-state index < -0.39 is 6.09 Å². The monoisotopic (exact) mass is 285 g/mol. The van der Waals surface area contributed by atoms with Crippen LogP contribution < -0.4 is 4.74 Å². The van der Waals surface area contributed by atoms with Crippen molar-refractivity contribution < 1.29 is 14.6 Å². The van der Waals surface area contributed by atoms with E-state index in [4.69, 9.17) is 21.4 Å². The van der Waals surface area contributed by atoms with Gasteiger partial charge in [-0.05, 0) is 13.8 Å². The molecule has 2 atom stereocenters. The highest BCUT2D eigenvalue weighted by Gasteiger charge is 2.35. The van der Waals surface area contributed by atoms with E-state index in [-0.39, 0.29) is 23.3 Å². The fourth-order valence-electron chi connectivity index (χ4n) is 2.55. The van der Waals surface area contributed by atoms with Gasteiger partial charge >= 0.3 is 6.09 Å². The third-order valence-corrected chi connectivity index (χ3v) is 3.43. The Morgan fingerprint density at radius 2 is 2.05 bits per heavy atom. The van der Waals surface area contributed by atoms with Crippen molar-refractivity contribution in [1.29, 1.82) is 0 Å². The molecule has 1 N–H and O–H groups in total. The van der Waals surface area contributed by atoms with E-state index in [0.717, 1.165) is 0 Å². The molecule has 7 heteroatoms. The highest BCUT2D eigenvalue weighted by molar-refractivity contribution is 6.29. The molecule has 104 valence electrons. The van der Waals surface area contributed by atoms with Crippen LogP contribution in [-0.2, 0) is 0 Å². The van der Waals surface area contributed by atoms with Crippen molar-refractivity contribution in [3.05, 3.63) is 17.5 Å². The molecule has 1 aliphatic heterocycles. The number of hydrogen-bond acceptors (Lipinski definition) is 4. The molecule has 1 saturated heterocycles. The van der Waals surface area contributed by atoms with Gasteiger partial charge in [-0.3, -0.25) is 4.98 Å². The Kier molecular flexibility index (Phi) is 4.09. The van der Waals surface area contributed by atoms with Crippen molar-refractivity contribution in [3.8, 4) is 5.88 Å². The number of hydrogen-bond donors (Lipinski definition) is 1. The second-order valence-corrected chi connectivity index (χ2v) is 5.17. The van der Waals surface area contributed by atoms with Gasteiger partial charge in [0.2, 0.25) is 5.88 Å². The number of rotatable bonds is 2. The Hall–Kier alpha value is -1.56. The van der Waals surface area contributed by atoms with E-state index in [2.05, 4.69) is 9.97 Å². The number of likely N-dealkylation sites (tertiary alicyclic amines) is 1. The van der Waals surface area contributed by atoms with Crippen LogP contribution in [0, 0.1) is 0 Å². The van der Waals surface area contributed by atoms with E-state index in [1.807, 2.05) is 13.8 Å². The maximum atomic E-state index is 11.1. The minimum Gasteiger partial charge on any atom is -0.473 e. The van der Waals surface area contributed by atoms with E-state index >= 15 is 0 Å². The Bertz CT molecular complexity index is 459. The average molecular weight is 286 g/mol. The molecule has 1 fully saturated rings. The SMILES string of the molecule is C[C@@H]1CC(Oc2cncc(Cl)n2)C[C@@H](C)N1C(=O)O. The van der Waals surface area contributed by atoms with Gasteiger partial charge in [-0.1, -0.05) is 11.6 Å². The lowest BCUT2D eigenvalue weighted by Gasteiger charge is -2.40. The summed E-state index contributed by atoms with van der Waals surface area (Å²) in [7, 11) is 0. The third-order valence-electron chi connectivity index (χ3n) is 3.25. The molecule has 1 aromatic rings. The van der Waals surface area contributed by atoms with Crippen molar-refractivity contribution in [2.75, 3.05) is 0 Å². The van der Waals surface area contributed by atoms with Crippen molar-refractivity contribution in [1.82, 2.24) is 14.9 Å². The molecule has 2 heterocycles. The van der Waals surface area contributed by atoms with Crippen LogP contribution in [0.4, 0.5) is 4.79 Å². The molecule has 0 aliphatic carbocycles. The molecular weight excluding hydrogens is 270 g/mol. The molecule has 1 aliphatic rings. The summed E-state index contributed by atoms with van der Waals surface area (Å²) in [5.74, 6) is 0.376. The average Bonchev–Trinajstić information content (AvgIpc) is 2.27. The van der Waals surface area contributed by atoms with Gasteiger partial charge in [0.25, 0.3) is 0 Å². The molecule has 0 unspecified atom stereocenters. The smallest absolute Gasteiger partial charge is 0.407 e. The number of amides is 1. The standard InChI is InChI=1S/C12H16ClN3O3/c1-7-3-9(4-8(2)16(7)12(17)18)19-11-6-14-5-10(13)15-11/h5-9H,3-4H2,1-2H3,(H,17,18)/t7-,8-/m1/s1. The second-order valence-electron chi connectivity index (χ2n) is 4.78. The van der Waals surface area contributed by atoms with Crippen LogP contribution in [0.25, 0.3) is 0 Å². The summed E-state index contributed by atoms with van der Waals surface area (Å²) in [6, 6.07) is -0.170. The lowest BCUT2D eigenvalue weighted by atomic mass is 9.95. The van der Waals surface area contributed by atoms with Crippen molar-refractivity contribution in [3.63, 3.8) is 0 Å². The first-order valence-corrected chi connectivity index (χ1v) is 6.50. The fourth-order valence-corrected chi connectivity index (χ4v) is 2.68. The molecule has 0 radical (unpaired) electrons. The van der Waals surface area contributed by atoms with Crippen molar-refractivity contribution >= 4 is 17.7 Å². The first kappa shape index (κ1) is 13.9. The highest BCUT2D eigenvalue weighted by atomic mass is 35.5.